The maximum atomic E-state index is 4.28. The van der Waals surface area contributed by atoms with Crippen LogP contribution in [-0.4, -0.2) is 15.3 Å². The molecule has 2 aromatic heterocycles. The Bertz CT molecular complexity index is 424. The van der Waals surface area contributed by atoms with Crippen LogP contribution in [0.4, 0.5) is 5.82 Å². The van der Waals surface area contributed by atoms with Gasteiger partial charge in [-0.1, -0.05) is 0 Å². The first-order valence-corrected chi connectivity index (χ1v) is 6.58. The van der Waals surface area contributed by atoms with Crippen LogP contribution in [0.3, 0.4) is 0 Å². The van der Waals surface area contributed by atoms with Gasteiger partial charge in [0.2, 0.25) is 0 Å². The molecule has 2 heterocycles. The van der Waals surface area contributed by atoms with Gasteiger partial charge in [0, 0.05) is 27.3 Å². The Hall–Kier alpha value is -0.460. The number of rotatable bonds is 3. The number of halogens is 1. The summed E-state index contributed by atoms with van der Waals surface area (Å²) in [6, 6.07) is 0. The summed E-state index contributed by atoms with van der Waals surface area (Å²) in [5, 5.41) is 7.31. The molecule has 0 saturated heterocycles. The van der Waals surface area contributed by atoms with Crippen LogP contribution < -0.4 is 5.32 Å². The van der Waals surface area contributed by atoms with Crippen LogP contribution in [0.25, 0.3) is 11.3 Å². The molecule has 0 fully saturated rings. The predicted molar refractivity (Wildman–Crippen MR) is 65.1 cm³/mol. The number of thiophene rings is 1. The highest BCUT2D eigenvalue weighted by molar-refractivity contribution is 9.10. The maximum Gasteiger partial charge on any atom is 0.168 e. The molecule has 3 nitrogen and oxygen atoms in total. The third-order valence-corrected chi connectivity index (χ3v) is 3.93. The summed E-state index contributed by atoms with van der Waals surface area (Å²) in [4.78, 5) is 0. The first-order valence-electron chi connectivity index (χ1n) is 4.11. The highest BCUT2D eigenvalue weighted by Crippen LogP contribution is 2.34. The zero-order valence-corrected chi connectivity index (χ0v) is 10.7. The zero-order chi connectivity index (χ0) is 9.97. The van der Waals surface area contributed by atoms with E-state index in [1.807, 2.05) is 12.3 Å². The number of anilines is 1. The number of nitrogens with zero attached hydrogens (tertiary/aromatic N) is 2. The van der Waals surface area contributed by atoms with E-state index in [9.17, 15) is 0 Å². The van der Waals surface area contributed by atoms with E-state index in [2.05, 4.69) is 35.4 Å². The molecule has 0 bridgehead atoms. The van der Waals surface area contributed by atoms with Gasteiger partial charge in [-0.05, 0) is 22.9 Å². The molecule has 2 rings (SSSR count). The molecule has 1 N–H and O–H groups in total. The molecule has 2 aromatic rings. The Morgan fingerprint density at radius 2 is 2.29 bits per heavy atom. The van der Waals surface area contributed by atoms with Crippen molar-refractivity contribution in [3.63, 3.8) is 0 Å². The summed E-state index contributed by atoms with van der Waals surface area (Å²) in [5.74, 6) is 0.872. The molecule has 0 radical (unpaired) electrons. The summed E-state index contributed by atoms with van der Waals surface area (Å²) < 4.78 is 9.57. The van der Waals surface area contributed by atoms with Crippen molar-refractivity contribution in [3.05, 3.63) is 15.2 Å². The number of hydrogen-bond acceptors (Lipinski definition) is 5. The maximum absolute atomic E-state index is 4.28. The van der Waals surface area contributed by atoms with E-state index in [1.54, 1.807) is 11.3 Å². The van der Waals surface area contributed by atoms with Gasteiger partial charge >= 0.3 is 0 Å². The third kappa shape index (κ3) is 1.82. The van der Waals surface area contributed by atoms with Gasteiger partial charge in [-0.3, -0.25) is 0 Å². The Kier molecular flexibility index (Phi) is 3.15. The Balaban J connectivity index is 2.41. The summed E-state index contributed by atoms with van der Waals surface area (Å²) in [6.45, 7) is 2.91. The second kappa shape index (κ2) is 4.37. The van der Waals surface area contributed by atoms with Gasteiger partial charge in [-0.2, -0.15) is 20.1 Å². The molecule has 0 unspecified atom stereocenters. The first-order chi connectivity index (χ1) is 6.83. The van der Waals surface area contributed by atoms with Gasteiger partial charge in [0.1, 0.15) is 5.69 Å². The average Bonchev–Trinajstić information content (AvgIpc) is 2.74. The quantitative estimate of drug-likeness (QED) is 0.940. The van der Waals surface area contributed by atoms with Crippen molar-refractivity contribution >= 4 is 44.8 Å². The van der Waals surface area contributed by atoms with Crippen LogP contribution in [0, 0.1) is 0 Å². The zero-order valence-electron chi connectivity index (χ0n) is 7.45. The van der Waals surface area contributed by atoms with Crippen molar-refractivity contribution in [3.8, 4) is 11.3 Å². The van der Waals surface area contributed by atoms with E-state index in [0.29, 0.717) is 0 Å². The molecular formula is C8H8BrN3S2. The van der Waals surface area contributed by atoms with Crippen LogP contribution in [0.2, 0.25) is 0 Å². The monoisotopic (exact) mass is 289 g/mol. The normalized spacial score (nSPS) is 10.4. The van der Waals surface area contributed by atoms with Gasteiger partial charge in [-0.25, -0.2) is 0 Å². The Labute approximate surface area is 98.6 Å². The molecule has 0 atom stereocenters. The molecule has 0 saturated carbocycles. The SMILES string of the molecule is CCNc1nsnc1-c1cscc1Br. The largest absolute Gasteiger partial charge is 0.368 e. The molecule has 0 spiro atoms. The van der Waals surface area contributed by atoms with E-state index >= 15 is 0 Å². The number of hydrogen-bond donors (Lipinski definition) is 1. The third-order valence-electron chi connectivity index (χ3n) is 1.70. The van der Waals surface area contributed by atoms with Crippen molar-refractivity contribution in [2.45, 2.75) is 6.92 Å². The lowest BCUT2D eigenvalue weighted by Crippen LogP contribution is -1.97. The fraction of sp³-hybridized carbons (Fsp3) is 0.250. The minimum atomic E-state index is 0.861. The highest BCUT2D eigenvalue weighted by atomic mass is 79.9. The lowest BCUT2D eigenvalue weighted by atomic mass is 10.2. The fourth-order valence-electron chi connectivity index (χ4n) is 1.10. The van der Waals surface area contributed by atoms with E-state index in [0.717, 1.165) is 28.1 Å². The number of nitrogens with one attached hydrogen (secondary N) is 1. The second-order valence-corrected chi connectivity index (χ2v) is 4.75. The highest BCUT2D eigenvalue weighted by Gasteiger charge is 2.12. The number of aromatic nitrogens is 2. The average molecular weight is 290 g/mol. The van der Waals surface area contributed by atoms with Crippen LogP contribution in [-0.2, 0) is 0 Å². The van der Waals surface area contributed by atoms with Crippen molar-refractivity contribution in [1.82, 2.24) is 8.75 Å². The van der Waals surface area contributed by atoms with Gasteiger partial charge < -0.3 is 5.32 Å². The summed E-state index contributed by atoms with van der Waals surface area (Å²) in [6.07, 6.45) is 0. The van der Waals surface area contributed by atoms with Crippen molar-refractivity contribution in [1.29, 1.82) is 0 Å². The Morgan fingerprint density at radius 3 is 2.93 bits per heavy atom. The van der Waals surface area contributed by atoms with Crippen LogP contribution in [0.15, 0.2) is 15.2 Å². The van der Waals surface area contributed by atoms with Crippen LogP contribution >= 0.6 is 39.0 Å². The summed E-state index contributed by atoms with van der Waals surface area (Å²) >= 11 is 6.38. The lowest BCUT2D eigenvalue weighted by Gasteiger charge is -2.00. The summed E-state index contributed by atoms with van der Waals surface area (Å²) in [7, 11) is 0. The van der Waals surface area contributed by atoms with Gasteiger partial charge in [0.05, 0.1) is 11.7 Å². The molecule has 14 heavy (non-hydrogen) atoms. The van der Waals surface area contributed by atoms with Gasteiger partial charge in [0.15, 0.2) is 5.82 Å². The molecular weight excluding hydrogens is 282 g/mol. The molecule has 0 aliphatic heterocycles. The second-order valence-electron chi connectivity index (χ2n) is 2.63. The molecule has 6 heteroatoms. The molecule has 0 aromatic carbocycles. The van der Waals surface area contributed by atoms with Crippen LogP contribution in [0.1, 0.15) is 6.92 Å². The first kappa shape index (κ1) is 10.1. The Morgan fingerprint density at radius 1 is 1.43 bits per heavy atom. The molecule has 74 valence electrons. The van der Waals surface area contributed by atoms with E-state index in [4.69, 9.17) is 0 Å². The van der Waals surface area contributed by atoms with Crippen molar-refractivity contribution < 1.29 is 0 Å². The molecule has 0 aliphatic rings. The predicted octanol–water partition coefficient (Wildman–Crippen LogP) is 3.46. The molecule has 0 aliphatic carbocycles. The van der Waals surface area contributed by atoms with Crippen molar-refractivity contribution in [2.75, 3.05) is 11.9 Å². The minimum absolute atomic E-state index is 0.861. The van der Waals surface area contributed by atoms with E-state index < -0.39 is 0 Å². The summed E-state index contributed by atoms with van der Waals surface area (Å²) in [5.41, 5.74) is 2.05. The van der Waals surface area contributed by atoms with Gasteiger partial charge in [-0.15, -0.1) is 0 Å². The van der Waals surface area contributed by atoms with Crippen LogP contribution in [0.5, 0.6) is 0 Å². The smallest absolute Gasteiger partial charge is 0.168 e. The topological polar surface area (TPSA) is 37.8 Å². The lowest BCUT2D eigenvalue weighted by molar-refractivity contribution is 1.19. The van der Waals surface area contributed by atoms with E-state index in [1.165, 1.54) is 11.7 Å². The standard InChI is InChI=1S/C8H8BrN3S2/c1-2-10-8-7(11-14-12-8)5-3-13-4-6(5)9/h3-4H,2H2,1H3,(H,10,12). The minimum Gasteiger partial charge on any atom is -0.368 e. The molecule has 0 amide bonds. The van der Waals surface area contributed by atoms with Gasteiger partial charge in [0.25, 0.3) is 0 Å². The van der Waals surface area contributed by atoms with Crippen molar-refractivity contribution in [2.24, 2.45) is 0 Å². The fourth-order valence-corrected chi connectivity index (χ4v) is 3.11. The van der Waals surface area contributed by atoms with E-state index in [-0.39, 0.29) is 0 Å².